The smallest absolute Gasteiger partial charge is 0.307 e. The van der Waals surface area contributed by atoms with Gasteiger partial charge in [-0.1, -0.05) is 17.7 Å². The summed E-state index contributed by atoms with van der Waals surface area (Å²) in [6.07, 6.45) is -2.20. The van der Waals surface area contributed by atoms with E-state index in [4.69, 9.17) is 16.7 Å². The van der Waals surface area contributed by atoms with Gasteiger partial charge >= 0.3 is 5.97 Å². The average Bonchev–Trinajstić information content (AvgIpc) is 3.18. The fourth-order valence-electron chi connectivity index (χ4n) is 1.88. The molecule has 1 amide bonds. The van der Waals surface area contributed by atoms with Crippen molar-refractivity contribution < 1.29 is 23.5 Å². The van der Waals surface area contributed by atoms with Crippen LogP contribution in [-0.2, 0) is 9.59 Å². The predicted octanol–water partition coefficient (Wildman–Crippen LogP) is 3.36. The molecule has 2 unspecified atom stereocenters. The minimum Gasteiger partial charge on any atom is -0.481 e. The number of carbonyl (C=O) groups is 2. The van der Waals surface area contributed by atoms with Gasteiger partial charge in [-0.25, -0.2) is 8.78 Å². The SMILES string of the molecule is O=C(O)C1CC1C(=O)Nc1cccc(Cl)c1SCC(F)F. The Labute approximate surface area is 128 Å². The number of carboxylic acids is 1. The van der Waals surface area contributed by atoms with Crippen molar-refractivity contribution in [1.82, 2.24) is 0 Å². The molecule has 1 aromatic rings. The molecule has 1 aromatic carbocycles. The molecule has 1 aliphatic carbocycles. The van der Waals surface area contributed by atoms with Crippen molar-refractivity contribution in [3.05, 3.63) is 23.2 Å². The van der Waals surface area contributed by atoms with Crippen molar-refractivity contribution in [2.45, 2.75) is 17.7 Å². The van der Waals surface area contributed by atoms with Gasteiger partial charge in [0.1, 0.15) is 0 Å². The zero-order chi connectivity index (χ0) is 15.6. The van der Waals surface area contributed by atoms with Crippen LogP contribution >= 0.6 is 23.4 Å². The maximum Gasteiger partial charge on any atom is 0.307 e. The van der Waals surface area contributed by atoms with E-state index < -0.39 is 35.9 Å². The van der Waals surface area contributed by atoms with E-state index in [9.17, 15) is 18.4 Å². The van der Waals surface area contributed by atoms with Gasteiger partial charge in [-0.15, -0.1) is 11.8 Å². The lowest BCUT2D eigenvalue weighted by atomic mass is 10.2. The summed E-state index contributed by atoms with van der Waals surface area (Å²) in [6.45, 7) is 0. The van der Waals surface area contributed by atoms with E-state index in [1.165, 1.54) is 0 Å². The Hall–Kier alpha value is -1.34. The zero-order valence-electron chi connectivity index (χ0n) is 10.7. The number of rotatable bonds is 6. The Kier molecular flexibility index (Phi) is 5.05. The molecular weight excluding hydrogens is 324 g/mol. The molecule has 2 atom stereocenters. The molecule has 8 heteroatoms. The highest BCUT2D eigenvalue weighted by Crippen LogP contribution is 2.41. The quantitative estimate of drug-likeness (QED) is 0.782. The van der Waals surface area contributed by atoms with Crippen LogP contribution in [0, 0.1) is 11.8 Å². The van der Waals surface area contributed by atoms with Gasteiger partial charge in [0.05, 0.1) is 28.3 Å². The number of amides is 1. The normalized spacial score (nSPS) is 20.4. The van der Waals surface area contributed by atoms with Gasteiger partial charge in [-0.3, -0.25) is 9.59 Å². The van der Waals surface area contributed by atoms with Crippen molar-refractivity contribution >= 4 is 40.9 Å². The molecule has 4 nitrogen and oxygen atoms in total. The third-order valence-electron chi connectivity index (χ3n) is 3.02. The lowest BCUT2D eigenvalue weighted by molar-refractivity contribution is -0.139. The highest BCUT2D eigenvalue weighted by molar-refractivity contribution is 7.99. The van der Waals surface area contributed by atoms with Crippen LogP contribution in [0.25, 0.3) is 0 Å². The first-order valence-corrected chi connectivity index (χ1v) is 7.49. The number of carboxylic acid groups (broad SMARTS) is 1. The van der Waals surface area contributed by atoms with Crippen LogP contribution in [0.4, 0.5) is 14.5 Å². The first-order valence-electron chi connectivity index (χ1n) is 6.13. The first-order chi connectivity index (χ1) is 9.90. The minimum atomic E-state index is -2.49. The van der Waals surface area contributed by atoms with Crippen LogP contribution in [0.3, 0.4) is 0 Å². The Morgan fingerprint density at radius 1 is 1.43 bits per heavy atom. The molecule has 0 spiro atoms. The van der Waals surface area contributed by atoms with Crippen LogP contribution in [0.15, 0.2) is 23.1 Å². The van der Waals surface area contributed by atoms with Crippen LogP contribution in [0.1, 0.15) is 6.42 Å². The Morgan fingerprint density at radius 2 is 2.14 bits per heavy atom. The maximum atomic E-state index is 12.3. The molecule has 0 radical (unpaired) electrons. The minimum absolute atomic E-state index is 0.268. The lowest BCUT2D eigenvalue weighted by Gasteiger charge is -2.12. The number of alkyl halides is 2. The molecule has 0 heterocycles. The second-order valence-electron chi connectivity index (χ2n) is 4.59. The van der Waals surface area contributed by atoms with Crippen LogP contribution in [-0.4, -0.2) is 29.2 Å². The summed E-state index contributed by atoms with van der Waals surface area (Å²) in [4.78, 5) is 23.0. The molecule has 0 bridgehead atoms. The number of carbonyl (C=O) groups excluding carboxylic acids is 1. The van der Waals surface area contributed by atoms with Crippen molar-refractivity contribution in [3.63, 3.8) is 0 Å². The maximum absolute atomic E-state index is 12.3. The van der Waals surface area contributed by atoms with Gasteiger partial charge in [0.15, 0.2) is 0 Å². The van der Waals surface area contributed by atoms with Crippen molar-refractivity contribution in [2.24, 2.45) is 11.8 Å². The first kappa shape index (κ1) is 16.0. The summed E-state index contributed by atoms with van der Waals surface area (Å²) in [5, 5.41) is 11.6. The van der Waals surface area contributed by atoms with E-state index >= 15 is 0 Å². The van der Waals surface area contributed by atoms with Gasteiger partial charge in [-0.05, 0) is 18.6 Å². The number of hydrogen-bond donors (Lipinski definition) is 2. The van der Waals surface area contributed by atoms with Crippen LogP contribution < -0.4 is 5.32 Å². The summed E-state index contributed by atoms with van der Waals surface area (Å²) in [5.41, 5.74) is 0.328. The standard InChI is InChI=1S/C13H12ClF2NO3S/c14-8-2-1-3-9(11(8)21-5-10(15)16)17-12(18)6-4-7(6)13(19)20/h1-3,6-7,10H,4-5H2,(H,17,18)(H,19,20). The number of aliphatic carboxylic acids is 1. The molecule has 0 aliphatic heterocycles. The van der Waals surface area contributed by atoms with Gasteiger partial charge in [0.25, 0.3) is 0 Å². The molecule has 1 saturated carbocycles. The van der Waals surface area contributed by atoms with E-state index in [-0.39, 0.29) is 5.02 Å². The van der Waals surface area contributed by atoms with Crippen molar-refractivity contribution in [1.29, 1.82) is 0 Å². The molecule has 1 fully saturated rings. The predicted molar refractivity (Wildman–Crippen MR) is 76.0 cm³/mol. The number of benzene rings is 1. The third-order valence-corrected chi connectivity index (χ3v) is 4.60. The number of halogens is 3. The van der Waals surface area contributed by atoms with E-state index in [0.717, 1.165) is 11.8 Å². The number of anilines is 1. The largest absolute Gasteiger partial charge is 0.481 e. The van der Waals surface area contributed by atoms with Gasteiger partial charge in [0, 0.05) is 4.90 Å². The van der Waals surface area contributed by atoms with E-state index in [2.05, 4.69) is 5.32 Å². The summed E-state index contributed by atoms with van der Waals surface area (Å²) in [5.74, 6) is -3.11. The zero-order valence-corrected chi connectivity index (χ0v) is 12.3. The van der Waals surface area contributed by atoms with E-state index in [0.29, 0.717) is 17.0 Å². The molecule has 114 valence electrons. The van der Waals surface area contributed by atoms with Gasteiger partial charge < -0.3 is 10.4 Å². The highest BCUT2D eigenvalue weighted by Gasteiger charge is 2.48. The Balaban J connectivity index is 2.07. The molecular formula is C13H12ClF2NO3S. The van der Waals surface area contributed by atoms with Crippen molar-refractivity contribution in [3.8, 4) is 0 Å². The summed E-state index contributed by atoms with van der Waals surface area (Å²) in [6, 6.07) is 4.68. The average molecular weight is 336 g/mol. The molecule has 21 heavy (non-hydrogen) atoms. The Morgan fingerprint density at radius 3 is 2.71 bits per heavy atom. The summed E-state index contributed by atoms with van der Waals surface area (Å²) < 4.78 is 24.6. The number of thioether (sulfide) groups is 1. The lowest BCUT2D eigenvalue weighted by Crippen LogP contribution is -2.17. The summed E-state index contributed by atoms with van der Waals surface area (Å²) >= 11 is 6.81. The van der Waals surface area contributed by atoms with E-state index in [1.54, 1.807) is 18.2 Å². The molecule has 2 N–H and O–H groups in total. The van der Waals surface area contributed by atoms with Crippen LogP contribution in [0.5, 0.6) is 0 Å². The van der Waals surface area contributed by atoms with Crippen molar-refractivity contribution in [2.75, 3.05) is 11.1 Å². The third kappa shape index (κ3) is 4.07. The van der Waals surface area contributed by atoms with E-state index in [1.807, 2.05) is 0 Å². The summed E-state index contributed by atoms with van der Waals surface area (Å²) in [7, 11) is 0. The number of nitrogens with one attached hydrogen (secondary N) is 1. The topological polar surface area (TPSA) is 66.4 Å². The number of hydrogen-bond acceptors (Lipinski definition) is 3. The Bertz CT molecular complexity index is 570. The molecule has 2 rings (SSSR count). The fraction of sp³-hybridized carbons (Fsp3) is 0.385. The van der Waals surface area contributed by atoms with Crippen LogP contribution in [0.2, 0.25) is 5.02 Å². The second kappa shape index (κ2) is 6.62. The second-order valence-corrected chi connectivity index (χ2v) is 6.03. The molecule has 1 aliphatic rings. The molecule has 0 saturated heterocycles. The van der Waals surface area contributed by atoms with Gasteiger partial charge in [-0.2, -0.15) is 0 Å². The highest BCUT2D eigenvalue weighted by atomic mass is 35.5. The van der Waals surface area contributed by atoms with Gasteiger partial charge in [0.2, 0.25) is 12.3 Å². The monoisotopic (exact) mass is 335 g/mol. The fourth-order valence-corrected chi connectivity index (χ4v) is 2.99. The molecule has 0 aromatic heterocycles.